The lowest BCUT2D eigenvalue weighted by Crippen LogP contribution is -2.05. The molecule has 0 aliphatic carbocycles. The summed E-state index contributed by atoms with van der Waals surface area (Å²) in [6, 6.07) is 5.80. The van der Waals surface area contributed by atoms with Crippen molar-refractivity contribution in [1.82, 2.24) is 4.98 Å². The van der Waals surface area contributed by atoms with Gasteiger partial charge in [-0.15, -0.1) is 11.3 Å². The lowest BCUT2D eigenvalue weighted by atomic mass is 10.2. The summed E-state index contributed by atoms with van der Waals surface area (Å²) in [6.45, 7) is 5.77. The molecule has 1 N–H and O–H groups in total. The number of nitrogens with zero attached hydrogens (tertiary/aromatic N) is 1. The molecule has 0 bridgehead atoms. The van der Waals surface area contributed by atoms with E-state index in [1.165, 1.54) is 6.92 Å². The first-order chi connectivity index (χ1) is 7.56. The first kappa shape index (κ1) is 11.1. The topological polar surface area (TPSA) is 42.0 Å². The van der Waals surface area contributed by atoms with Crippen molar-refractivity contribution >= 4 is 33.1 Å². The summed E-state index contributed by atoms with van der Waals surface area (Å²) < 4.78 is 1.12. The Labute approximate surface area is 98.5 Å². The van der Waals surface area contributed by atoms with E-state index in [9.17, 15) is 4.79 Å². The largest absolute Gasteiger partial charge is 0.326 e. The smallest absolute Gasteiger partial charge is 0.221 e. The average Bonchev–Trinajstić information content (AvgIpc) is 2.59. The Morgan fingerprint density at radius 1 is 1.44 bits per heavy atom. The van der Waals surface area contributed by atoms with Gasteiger partial charge in [0.25, 0.3) is 0 Å². The molecule has 2 aromatic rings. The zero-order valence-corrected chi connectivity index (χ0v) is 10.4. The van der Waals surface area contributed by atoms with Gasteiger partial charge in [-0.25, -0.2) is 4.98 Å². The number of hydrogen-bond acceptors (Lipinski definition) is 3. The fourth-order valence-electron chi connectivity index (χ4n) is 1.47. The van der Waals surface area contributed by atoms with Crippen LogP contribution in [0.1, 0.15) is 31.7 Å². The van der Waals surface area contributed by atoms with Crippen LogP contribution in [0.4, 0.5) is 5.69 Å². The molecule has 0 aliphatic heterocycles. The second-order valence-electron chi connectivity index (χ2n) is 4.07. The van der Waals surface area contributed by atoms with E-state index < -0.39 is 0 Å². The summed E-state index contributed by atoms with van der Waals surface area (Å²) in [5, 5.41) is 3.91. The molecule has 84 valence electrons. The molecule has 0 atom stereocenters. The van der Waals surface area contributed by atoms with Crippen LogP contribution in [-0.4, -0.2) is 10.9 Å². The standard InChI is InChI=1S/C12H14N2OS/c1-7(2)12-14-10-5-4-9(13-8(3)15)6-11(10)16-12/h4-7H,1-3H3,(H,13,15). The molecule has 0 radical (unpaired) electrons. The Hall–Kier alpha value is -1.42. The fourth-order valence-corrected chi connectivity index (χ4v) is 2.48. The molecule has 0 aliphatic rings. The maximum Gasteiger partial charge on any atom is 0.221 e. The van der Waals surface area contributed by atoms with E-state index in [4.69, 9.17) is 0 Å². The van der Waals surface area contributed by atoms with E-state index in [0.29, 0.717) is 5.92 Å². The lowest BCUT2D eigenvalue weighted by molar-refractivity contribution is -0.114. The van der Waals surface area contributed by atoms with Crippen molar-refractivity contribution in [1.29, 1.82) is 0 Å². The minimum absolute atomic E-state index is 0.0482. The molecule has 3 nitrogen and oxygen atoms in total. The summed E-state index contributed by atoms with van der Waals surface area (Å²) in [7, 11) is 0. The second-order valence-corrected chi connectivity index (χ2v) is 5.13. The quantitative estimate of drug-likeness (QED) is 0.865. The van der Waals surface area contributed by atoms with Crippen LogP contribution in [0.2, 0.25) is 0 Å². The highest BCUT2D eigenvalue weighted by atomic mass is 32.1. The number of benzene rings is 1. The highest BCUT2D eigenvalue weighted by Gasteiger charge is 2.07. The van der Waals surface area contributed by atoms with E-state index in [0.717, 1.165) is 20.9 Å². The number of rotatable bonds is 2. The van der Waals surface area contributed by atoms with Gasteiger partial charge in [-0.3, -0.25) is 4.79 Å². The Morgan fingerprint density at radius 3 is 2.81 bits per heavy atom. The second kappa shape index (κ2) is 4.22. The highest BCUT2D eigenvalue weighted by molar-refractivity contribution is 7.18. The minimum atomic E-state index is -0.0482. The van der Waals surface area contributed by atoms with Crippen LogP contribution in [0.3, 0.4) is 0 Å². The number of aromatic nitrogens is 1. The minimum Gasteiger partial charge on any atom is -0.326 e. The predicted molar refractivity (Wildman–Crippen MR) is 68.0 cm³/mol. The number of fused-ring (bicyclic) bond motifs is 1. The van der Waals surface area contributed by atoms with Crippen LogP contribution >= 0.6 is 11.3 Å². The Balaban J connectivity index is 2.41. The number of amides is 1. The fraction of sp³-hybridized carbons (Fsp3) is 0.333. The highest BCUT2D eigenvalue weighted by Crippen LogP contribution is 2.29. The summed E-state index contributed by atoms with van der Waals surface area (Å²) in [6.07, 6.45) is 0. The Morgan fingerprint density at radius 2 is 2.19 bits per heavy atom. The number of carbonyl (C=O) groups excluding carboxylic acids is 1. The Kier molecular flexibility index (Phi) is 2.92. The van der Waals surface area contributed by atoms with Crippen LogP contribution in [0.5, 0.6) is 0 Å². The lowest BCUT2D eigenvalue weighted by Gasteiger charge is -1.99. The average molecular weight is 234 g/mol. The van der Waals surface area contributed by atoms with Crippen molar-refractivity contribution in [2.24, 2.45) is 0 Å². The molecule has 0 spiro atoms. The molecule has 0 saturated heterocycles. The normalized spacial score (nSPS) is 11.0. The molecule has 1 amide bonds. The van der Waals surface area contributed by atoms with Gasteiger partial charge in [-0.05, 0) is 18.2 Å². The van der Waals surface area contributed by atoms with Crippen LogP contribution < -0.4 is 5.32 Å². The maximum atomic E-state index is 10.9. The van der Waals surface area contributed by atoms with Gasteiger partial charge in [0.1, 0.15) is 0 Å². The van der Waals surface area contributed by atoms with Crippen LogP contribution in [0.15, 0.2) is 18.2 Å². The van der Waals surface area contributed by atoms with Crippen LogP contribution in [-0.2, 0) is 4.79 Å². The maximum absolute atomic E-state index is 10.9. The molecule has 2 rings (SSSR count). The molecular formula is C12H14N2OS. The van der Waals surface area contributed by atoms with Gasteiger partial charge in [-0.2, -0.15) is 0 Å². The number of nitrogens with one attached hydrogen (secondary N) is 1. The van der Waals surface area contributed by atoms with Crippen molar-refractivity contribution in [3.05, 3.63) is 23.2 Å². The van der Waals surface area contributed by atoms with E-state index in [2.05, 4.69) is 24.1 Å². The zero-order valence-electron chi connectivity index (χ0n) is 9.57. The summed E-state index contributed by atoms with van der Waals surface area (Å²) in [5.74, 6) is 0.398. The molecule has 1 aromatic carbocycles. The van der Waals surface area contributed by atoms with Crippen molar-refractivity contribution in [3.63, 3.8) is 0 Å². The van der Waals surface area contributed by atoms with Gasteiger partial charge in [0.2, 0.25) is 5.91 Å². The molecule has 4 heteroatoms. The van der Waals surface area contributed by atoms with Gasteiger partial charge in [-0.1, -0.05) is 13.8 Å². The number of hydrogen-bond donors (Lipinski definition) is 1. The third kappa shape index (κ3) is 2.22. The molecule has 0 fully saturated rings. The summed E-state index contributed by atoms with van der Waals surface area (Å²) >= 11 is 1.68. The first-order valence-corrected chi connectivity index (χ1v) is 6.06. The predicted octanol–water partition coefficient (Wildman–Crippen LogP) is 3.38. The Bertz CT molecular complexity index is 531. The van der Waals surface area contributed by atoms with Crippen molar-refractivity contribution in [2.45, 2.75) is 26.7 Å². The molecule has 0 saturated carbocycles. The SMILES string of the molecule is CC(=O)Nc1ccc2nc(C(C)C)sc2c1. The molecule has 1 heterocycles. The van der Waals surface area contributed by atoms with Crippen LogP contribution in [0, 0.1) is 0 Å². The van der Waals surface area contributed by atoms with Gasteiger partial charge in [0.05, 0.1) is 15.2 Å². The van der Waals surface area contributed by atoms with Crippen molar-refractivity contribution in [2.75, 3.05) is 5.32 Å². The van der Waals surface area contributed by atoms with Gasteiger partial charge >= 0.3 is 0 Å². The van der Waals surface area contributed by atoms with Gasteiger partial charge < -0.3 is 5.32 Å². The third-order valence-corrected chi connectivity index (χ3v) is 3.54. The molecule has 16 heavy (non-hydrogen) atoms. The van der Waals surface area contributed by atoms with E-state index >= 15 is 0 Å². The molecule has 0 unspecified atom stereocenters. The van der Waals surface area contributed by atoms with Crippen LogP contribution in [0.25, 0.3) is 10.2 Å². The summed E-state index contributed by atoms with van der Waals surface area (Å²) in [5.41, 5.74) is 1.83. The number of anilines is 1. The molecular weight excluding hydrogens is 220 g/mol. The monoisotopic (exact) mass is 234 g/mol. The third-order valence-electron chi connectivity index (χ3n) is 2.22. The van der Waals surface area contributed by atoms with E-state index in [1.807, 2.05) is 18.2 Å². The zero-order chi connectivity index (χ0) is 11.7. The van der Waals surface area contributed by atoms with E-state index in [1.54, 1.807) is 11.3 Å². The van der Waals surface area contributed by atoms with Crippen molar-refractivity contribution in [3.8, 4) is 0 Å². The number of thiazole rings is 1. The van der Waals surface area contributed by atoms with E-state index in [-0.39, 0.29) is 5.91 Å². The van der Waals surface area contributed by atoms with Gasteiger partial charge in [0.15, 0.2) is 0 Å². The van der Waals surface area contributed by atoms with Gasteiger partial charge in [0, 0.05) is 18.5 Å². The molecule has 1 aromatic heterocycles. The van der Waals surface area contributed by atoms with Crippen molar-refractivity contribution < 1.29 is 4.79 Å². The number of carbonyl (C=O) groups is 1. The first-order valence-electron chi connectivity index (χ1n) is 5.24. The summed E-state index contributed by atoms with van der Waals surface area (Å²) in [4.78, 5) is 15.5.